The minimum atomic E-state index is -0.220. The van der Waals surface area contributed by atoms with Crippen LogP contribution in [0.2, 0.25) is 0 Å². The molecule has 0 fully saturated rings. The van der Waals surface area contributed by atoms with Crippen molar-refractivity contribution in [3.8, 4) is 18.1 Å². The Morgan fingerprint density at radius 1 is 1.14 bits per heavy atom. The van der Waals surface area contributed by atoms with Crippen molar-refractivity contribution in [3.05, 3.63) is 60.2 Å². The van der Waals surface area contributed by atoms with Crippen LogP contribution in [0.5, 0.6) is 5.75 Å². The van der Waals surface area contributed by atoms with Gasteiger partial charge in [-0.3, -0.25) is 4.79 Å². The number of terminal acetylenes is 1. The van der Waals surface area contributed by atoms with E-state index in [1.54, 1.807) is 24.3 Å². The summed E-state index contributed by atoms with van der Waals surface area (Å²) in [6.45, 7) is 3.70. The number of carbonyl (C=O) groups is 1. The molecule has 7 heteroatoms. The molecule has 3 N–H and O–H groups in total. The molecule has 6 nitrogen and oxygen atoms in total. The highest BCUT2D eigenvalue weighted by atomic mass is 127. The molecule has 0 aliphatic carbocycles. The van der Waals surface area contributed by atoms with Crippen molar-refractivity contribution in [1.82, 2.24) is 10.6 Å². The number of hydrogen-bond donors (Lipinski definition) is 3. The third-order valence-corrected chi connectivity index (χ3v) is 3.44. The quantitative estimate of drug-likeness (QED) is 0.174. The number of hydrogen-bond acceptors (Lipinski definition) is 3. The largest absolute Gasteiger partial charge is 0.492 e. The van der Waals surface area contributed by atoms with Gasteiger partial charge in [0.05, 0.1) is 6.54 Å². The van der Waals surface area contributed by atoms with Crippen molar-refractivity contribution in [2.75, 3.05) is 31.6 Å². The van der Waals surface area contributed by atoms with Gasteiger partial charge in [0.2, 0.25) is 5.91 Å². The number of amides is 1. The lowest BCUT2D eigenvalue weighted by Gasteiger charge is -2.12. The van der Waals surface area contributed by atoms with Gasteiger partial charge in [-0.15, -0.1) is 30.4 Å². The lowest BCUT2D eigenvalue weighted by atomic mass is 10.2. The number of anilines is 1. The van der Waals surface area contributed by atoms with E-state index >= 15 is 0 Å². The first kappa shape index (κ1) is 23.3. The van der Waals surface area contributed by atoms with E-state index in [0.29, 0.717) is 36.9 Å². The molecule has 0 bridgehead atoms. The first-order valence-corrected chi connectivity index (χ1v) is 8.78. The van der Waals surface area contributed by atoms with E-state index < -0.39 is 0 Å². The average molecular weight is 492 g/mol. The van der Waals surface area contributed by atoms with E-state index in [-0.39, 0.29) is 36.4 Å². The van der Waals surface area contributed by atoms with Crippen LogP contribution >= 0.6 is 24.0 Å². The Morgan fingerprint density at radius 2 is 1.93 bits per heavy atom. The maximum Gasteiger partial charge on any atom is 0.246 e. The number of carbonyl (C=O) groups excluding carboxylic acids is 1. The number of rotatable bonds is 8. The SMILES string of the molecule is C#Cc1cccc(NC(=O)CN=C(NCC)NCCOc2ccccc2)c1.I. The van der Waals surface area contributed by atoms with Crippen LogP contribution in [0.4, 0.5) is 5.69 Å². The molecule has 2 rings (SSSR count). The minimum Gasteiger partial charge on any atom is -0.492 e. The predicted molar refractivity (Wildman–Crippen MR) is 124 cm³/mol. The third-order valence-electron chi connectivity index (χ3n) is 3.44. The molecule has 0 heterocycles. The fourth-order valence-electron chi connectivity index (χ4n) is 2.23. The Kier molecular flexibility index (Phi) is 11.2. The van der Waals surface area contributed by atoms with Crippen molar-refractivity contribution in [2.45, 2.75) is 6.92 Å². The van der Waals surface area contributed by atoms with Crippen molar-refractivity contribution in [2.24, 2.45) is 4.99 Å². The summed E-state index contributed by atoms with van der Waals surface area (Å²) in [4.78, 5) is 16.4. The molecule has 0 atom stereocenters. The Hall–Kier alpha value is -2.73. The second-order valence-electron chi connectivity index (χ2n) is 5.56. The number of guanidine groups is 1. The molecule has 0 saturated heterocycles. The summed E-state index contributed by atoms with van der Waals surface area (Å²) in [6, 6.07) is 16.7. The Labute approximate surface area is 183 Å². The van der Waals surface area contributed by atoms with Crippen molar-refractivity contribution < 1.29 is 9.53 Å². The van der Waals surface area contributed by atoms with Gasteiger partial charge in [0, 0.05) is 17.8 Å². The van der Waals surface area contributed by atoms with Gasteiger partial charge in [-0.05, 0) is 37.3 Å². The Balaban J connectivity index is 0.00000392. The fraction of sp³-hybridized carbons (Fsp3) is 0.238. The van der Waals surface area contributed by atoms with Gasteiger partial charge in [0.1, 0.15) is 18.9 Å². The van der Waals surface area contributed by atoms with Crippen LogP contribution in [0.15, 0.2) is 59.6 Å². The molecule has 0 aliphatic heterocycles. The van der Waals surface area contributed by atoms with E-state index in [9.17, 15) is 4.79 Å². The molecule has 0 saturated carbocycles. The maximum atomic E-state index is 12.1. The Morgan fingerprint density at radius 3 is 2.64 bits per heavy atom. The molecular weight excluding hydrogens is 467 g/mol. The van der Waals surface area contributed by atoms with Crippen LogP contribution in [-0.4, -0.2) is 38.1 Å². The highest BCUT2D eigenvalue weighted by Crippen LogP contribution is 2.09. The highest BCUT2D eigenvalue weighted by Gasteiger charge is 2.04. The van der Waals surface area contributed by atoms with Crippen LogP contribution in [0.25, 0.3) is 0 Å². The van der Waals surface area contributed by atoms with E-state index in [1.807, 2.05) is 37.3 Å². The van der Waals surface area contributed by atoms with Crippen LogP contribution in [0.1, 0.15) is 12.5 Å². The van der Waals surface area contributed by atoms with Gasteiger partial charge in [-0.2, -0.15) is 0 Å². The summed E-state index contributed by atoms with van der Waals surface area (Å²) >= 11 is 0. The number of halogens is 1. The van der Waals surface area contributed by atoms with Gasteiger partial charge in [-0.1, -0.05) is 30.2 Å². The molecule has 28 heavy (non-hydrogen) atoms. The molecule has 0 aliphatic rings. The van der Waals surface area contributed by atoms with Gasteiger partial charge in [0.25, 0.3) is 0 Å². The van der Waals surface area contributed by atoms with Gasteiger partial charge in [-0.25, -0.2) is 4.99 Å². The van der Waals surface area contributed by atoms with Crippen LogP contribution in [0.3, 0.4) is 0 Å². The summed E-state index contributed by atoms with van der Waals surface area (Å²) in [5.41, 5.74) is 1.37. The number of nitrogens with zero attached hydrogens (tertiary/aromatic N) is 1. The van der Waals surface area contributed by atoms with Gasteiger partial charge in [0.15, 0.2) is 5.96 Å². The van der Waals surface area contributed by atoms with Crippen molar-refractivity contribution in [1.29, 1.82) is 0 Å². The van der Waals surface area contributed by atoms with Gasteiger partial charge < -0.3 is 20.7 Å². The molecule has 0 aromatic heterocycles. The van der Waals surface area contributed by atoms with E-state index in [4.69, 9.17) is 11.2 Å². The first-order chi connectivity index (χ1) is 13.2. The summed E-state index contributed by atoms with van der Waals surface area (Å²) in [5, 5.41) is 9.01. The molecule has 0 spiro atoms. The van der Waals surface area contributed by atoms with Crippen LogP contribution in [0, 0.1) is 12.3 Å². The van der Waals surface area contributed by atoms with E-state index in [1.165, 1.54) is 0 Å². The molecule has 0 unspecified atom stereocenters. The van der Waals surface area contributed by atoms with Gasteiger partial charge >= 0.3 is 0 Å². The van der Waals surface area contributed by atoms with Crippen LogP contribution in [-0.2, 0) is 4.79 Å². The molecule has 0 radical (unpaired) electrons. The van der Waals surface area contributed by atoms with E-state index in [0.717, 1.165) is 5.75 Å². The second-order valence-corrected chi connectivity index (χ2v) is 5.56. The van der Waals surface area contributed by atoms with Crippen molar-refractivity contribution in [3.63, 3.8) is 0 Å². The smallest absolute Gasteiger partial charge is 0.246 e. The molecule has 1 amide bonds. The van der Waals surface area contributed by atoms with Crippen LogP contribution < -0.4 is 20.7 Å². The zero-order valence-corrected chi connectivity index (χ0v) is 18.1. The first-order valence-electron chi connectivity index (χ1n) is 8.78. The predicted octanol–water partition coefficient (Wildman–Crippen LogP) is 2.86. The number of para-hydroxylation sites is 1. The standard InChI is InChI=1S/C21H24N4O2.HI/c1-3-17-9-8-10-18(15-17)25-20(26)16-24-21(22-4-2)23-13-14-27-19-11-6-5-7-12-19;/h1,5-12,15H,4,13-14,16H2,2H3,(H,25,26)(H2,22,23,24);1H. The number of ether oxygens (including phenoxy) is 1. The third kappa shape index (κ3) is 8.77. The zero-order chi connectivity index (χ0) is 19.3. The van der Waals surface area contributed by atoms with Crippen molar-refractivity contribution >= 4 is 41.5 Å². The monoisotopic (exact) mass is 492 g/mol. The maximum absolute atomic E-state index is 12.1. The zero-order valence-electron chi connectivity index (χ0n) is 15.8. The second kappa shape index (κ2) is 13.4. The molecule has 148 valence electrons. The number of aliphatic imine (C=N–C) groups is 1. The topological polar surface area (TPSA) is 74.8 Å². The van der Waals surface area contributed by atoms with E-state index in [2.05, 4.69) is 26.9 Å². The summed E-state index contributed by atoms with van der Waals surface area (Å²) < 4.78 is 5.62. The minimum absolute atomic E-state index is 0. The average Bonchev–Trinajstić information content (AvgIpc) is 2.70. The summed E-state index contributed by atoms with van der Waals surface area (Å²) in [5.74, 6) is 3.69. The Bertz CT molecular complexity index is 804. The molecule has 2 aromatic rings. The summed E-state index contributed by atoms with van der Waals surface area (Å²) in [6.07, 6.45) is 5.37. The fourth-order valence-corrected chi connectivity index (χ4v) is 2.23. The summed E-state index contributed by atoms with van der Waals surface area (Å²) in [7, 11) is 0. The number of benzene rings is 2. The highest BCUT2D eigenvalue weighted by molar-refractivity contribution is 14.0. The lowest BCUT2D eigenvalue weighted by Crippen LogP contribution is -2.39. The number of nitrogens with one attached hydrogen (secondary N) is 3. The molecular formula is C21H25IN4O2. The molecule has 2 aromatic carbocycles. The normalized spacial score (nSPS) is 10.2. The lowest BCUT2D eigenvalue weighted by molar-refractivity contribution is -0.114.